The van der Waals surface area contributed by atoms with Crippen LogP contribution in [0.4, 0.5) is 0 Å². The molecule has 0 aliphatic carbocycles. The molecular weight excluding hydrogens is 290 g/mol. The van der Waals surface area contributed by atoms with Crippen molar-refractivity contribution >= 4 is 23.6 Å². The minimum Gasteiger partial charge on any atom is -0.483 e. The van der Waals surface area contributed by atoms with Crippen LogP contribution in [0.1, 0.15) is 16.7 Å². The van der Waals surface area contributed by atoms with E-state index in [9.17, 15) is 9.59 Å². The number of amides is 1. The molecule has 5 nitrogen and oxygen atoms in total. The van der Waals surface area contributed by atoms with Gasteiger partial charge >= 0.3 is 5.97 Å². The zero-order valence-corrected chi connectivity index (χ0v) is 13.2. The molecule has 1 aliphatic heterocycles. The molecule has 1 aromatic carbocycles. The monoisotopic (exact) mass is 309 g/mol. The average Bonchev–Trinajstić information content (AvgIpc) is 2.86. The van der Waals surface area contributed by atoms with Crippen molar-refractivity contribution in [2.45, 2.75) is 26.8 Å². The fraction of sp³-hybridized carbons (Fsp3) is 0.467. The van der Waals surface area contributed by atoms with Gasteiger partial charge in [-0.1, -0.05) is 17.7 Å². The van der Waals surface area contributed by atoms with Crippen LogP contribution in [0.25, 0.3) is 0 Å². The number of carboxylic acid groups (broad SMARTS) is 1. The number of carbonyl (C=O) groups excluding carboxylic acids is 1. The molecule has 1 saturated heterocycles. The van der Waals surface area contributed by atoms with Crippen LogP contribution in [0, 0.1) is 20.8 Å². The lowest BCUT2D eigenvalue weighted by Crippen LogP contribution is -2.43. The third-order valence-corrected chi connectivity index (χ3v) is 4.44. The van der Waals surface area contributed by atoms with Gasteiger partial charge in [0.1, 0.15) is 11.8 Å². The molecule has 0 radical (unpaired) electrons. The Morgan fingerprint density at radius 3 is 2.52 bits per heavy atom. The van der Waals surface area contributed by atoms with Gasteiger partial charge in [0.25, 0.3) is 5.91 Å². The van der Waals surface area contributed by atoms with Crippen LogP contribution >= 0.6 is 11.8 Å². The van der Waals surface area contributed by atoms with Gasteiger partial charge in [0, 0.05) is 5.75 Å². The smallest absolute Gasteiger partial charge is 0.327 e. The highest BCUT2D eigenvalue weighted by atomic mass is 32.2. The first kappa shape index (κ1) is 15.7. The van der Waals surface area contributed by atoms with E-state index in [0.717, 1.165) is 16.7 Å². The van der Waals surface area contributed by atoms with E-state index in [2.05, 4.69) is 0 Å². The molecular formula is C15H19NO4S. The molecule has 1 amide bonds. The van der Waals surface area contributed by atoms with E-state index in [1.165, 1.54) is 16.7 Å². The Bertz CT molecular complexity index is 550. The van der Waals surface area contributed by atoms with Gasteiger partial charge in [-0.05, 0) is 31.9 Å². The molecule has 0 saturated carbocycles. The van der Waals surface area contributed by atoms with Crippen molar-refractivity contribution in [3.63, 3.8) is 0 Å². The minimum absolute atomic E-state index is 0.130. The maximum absolute atomic E-state index is 12.1. The Balaban J connectivity index is 2.03. The first-order valence-electron chi connectivity index (χ1n) is 6.71. The fourth-order valence-electron chi connectivity index (χ4n) is 2.50. The second-order valence-electron chi connectivity index (χ2n) is 5.23. The predicted octanol–water partition coefficient (Wildman–Crippen LogP) is 1.98. The van der Waals surface area contributed by atoms with Gasteiger partial charge < -0.3 is 14.7 Å². The highest BCUT2D eigenvalue weighted by Crippen LogP contribution is 2.25. The Hall–Kier alpha value is -1.69. The molecule has 0 aromatic heterocycles. The van der Waals surface area contributed by atoms with Gasteiger partial charge in [-0.3, -0.25) is 4.79 Å². The summed E-state index contributed by atoms with van der Waals surface area (Å²) in [7, 11) is 0. The Kier molecular flexibility index (Phi) is 4.77. The van der Waals surface area contributed by atoms with Gasteiger partial charge in [0.05, 0.1) is 5.88 Å². The van der Waals surface area contributed by atoms with Crippen LogP contribution in [0.5, 0.6) is 5.75 Å². The average molecular weight is 309 g/mol. The molecule has 6 heteroatoms. The van der Waals surface area contributed by atoms with Crippen molar-refractivity contribution in [1.82, 2.24) is 4.90 Å². The van der Waals surface area contributed by atoms with E-state index < -0.39 is 12.0 Å². The van der Waals surface area contributed by atoms with Crippen LogP contribution in [0.15, 0.2) is 12.1 Å². The summed E-state index contributed by atoms with van der Waals surface area (Å²) in [6.45, 7) is 5.75. The van der Waals surface area contributed by atoms with Crippen LogP contribution in [0.3, 0.4) is 0 Å². The van der Waals surface area contributed by atoms with Crippen LogP contribution < -0.4 is 4.74 Å². The Labute approximate surface area is 128 Å². The first-order chi connectivity index (χ1) is 9.90. The summed E-state index contributed by atoms with van der Waals surface area (Å²) < 4.78 is 5.63. The molecule has 0 spiro atoms. The van der Waals surface area contributed by atoms with E-state index in [0.29, 0.717) is 17.4 Å². The molecule has 0 bridgehead atoms. The quantitative estimate of drug-likeness (QED) is 0.921. The third-order valence-electron chi connectivity index (χ3n) is 3.43. The number of rotatable bonds is 4. The lowest BCUT2D eigenvalue weighted by molar-refractivity contribution is -0.148. The van der Waals surface area contributed by atoms with Gasteiger partial charge in [-0.15, -0.1) is 11.8 Å². The molecule has 1 heterocycles. The van der Waals surface area contributed by atoms with E-state index in [1.54, 1.807) is 0 Å². The number of carboxylic acids is 1. The Morgan fingerprint density at radius 2 is 1.95 bits per heavy atom. The molecule has 1 fully saturated rings. The van der Waals surface area contributed by atoms with E-state index >= 15 is 0 Å². The molecule has 0 unspecified atom stereocenters. The van der Waals surface area contributed by atoms with Gasteiger partial charge in [-0.25, -0.2) is 4.79 Å². The summed E-state index contributed by atoms with van der Waals surface area (Å²) in [6, 6.07) is 3.25. The van der Waals surface area contributed by atoms with Crippen molar-refractivity contribution in [2.24, 2.45) is 0 Å². The van der Waals surface area contributed by atoms with Crippen molar-refractivity contribution in [3.8, 4) is 5.75 Å². The number of hydrogen-bond acceptors (Lipinski definition) is 4. The van der Waals surface area contributed by atoms with Crippen molar-refractivity contribution in [1.29, 1.82) is 0 Å². The molecule has 1 atom stereocenters. The van der Waals surface area contributed by atoms with Crippen LogP contribution in [0.2, 0.25) is 0 Å². The summed E-state index contributed by atoms with van der Waals surface area (Å²) >= 11 is 1.45. The highest BCUT2D eigenvalue weighted by Gasteiger charge is 2.34. The minimum atomic E-state index is -0.962. The molecule has 114 valence electrons. The van der Waals surface area contributed by atoms with Crippen LogP contribution in [-0.4, -0.2) is 46.2 Å². The Morgan fingerprint density at radius 1 is 1.33 bits per heavy atom. The van der Waals surface area contributed by atoms with Crippen molar-refractivity contribution in [2.75, 3.05) is 18.2 Å². The summed E-state index contributed by atoms with van der Waals surface area (Å²) in [6.07, 6.45) is 0. The lowest BCUT2D eigenvalue weighted by Gasteiger charge is -2.21. The number of thioether (sulfide) groups is 1. The normalized spacial score (nSPS) is 17.9. The topological polar surface area (TPSA) is 66.8 Å². The van der Waals surface area contributed by atoms with E-state index in [1.807, 2.05) is 32.9 Å². The number of benzene rings is 1. The maximum Gasteiger partial charge on any atom is 0.327 e. The fourth-order valence-corrected chi connectivity index (χ4v) is 3.68. The zero-order chi connectivity index (χ0) is 15.6. The number of aliphatic carboxylic acids is 1. The van der Waals surface area contributed by atoms with Gasteiger partial charge in [0.2, 0.25) is 0 Å². The lowest BCUT2D eigenvalue weighted by atomic mass is 10.1. The van der Waals surface area contributed by atoms with E-state index in [-0.39, 0.29) is 12.5 Å². The molecule has 1 N–H and O–H groups in total. The second-order valence-corrected chi connectivity index (χ2v) is 6.23. The molecule has 1 aromatic rings. The molecule has 21 heavy (non-hydrogen) atoms. The number of carbonyl (C=O) groups is 2. The van der Waals surface area contributed by atoms with Crippen molar-refractivity contribution in [3.05, 3.63) is 28.8 Å². The summed E-state index contributed by atoms with van der Waals surface area (Å²) in [5, 5.41) is 9.09. The zero-order valence-electron chi connectivity index (χ0n) is 12.4. The molecule has 2 rings (SSSR count). The van der Waals surface area contributed by atoms with Gasteiger partial charge in [-0.2, -0.15) is 0 Å². The predicted molar refractivity (Wildman–Crippen MR) is 81.7 cm³/mol. The standard InChI is InChI=1S/C15H19NO4S/c1-9-4-10(2)14(11(3)5-9)20-6-13(17)16-8-21-7-12(16)15(18)19/h4-5,12H,6-8H2,1-3H3,(H,18,19)/t12-/m0/s1. The van der Waals surface area contributed by atoms with Gasteiger partial charge in [0.15, 0.2) is 6.61 Å². The maximum atomic E-state index is 12.1. The molecule has 1 aliphatic rings. The summed E-state index contributed by atoms with van der Waals surface area (Å²) in [5.41, 5.74) is 3.10. The number of hydrogen-bond donors (Lipinski definition) is 1. The summed E-state index contributed by atoms with van der Waals surface area (Å²) in [5.74, 6) is 0.296. The number of aryl methyl sites for hydroxylation is 3. The third kappa shape index (κ3) is 3.50. The summed E-state index contributed by atoms with van der Waals surface area (Å²) in [4.78, 5) is 24.6. The highest BCUT2D eigenvalue weighted by molar-refractivity contribution is 7.99. The van der Waals surface area contributed by atoms with E-state index in [4.69, 9.17) is 9.84 Å². The van der Waals surface area contributed by atoms with Crippen LogP contribution in [-0.2, 0) is 9.59 Å². The van der Waals surface area contributed by atoms with Crippen molar-refractivity contribution < 1.29 is 19.4 Å². The number of nitrogens with zero attached hydrogens (tertiary/aromatic N) is 1. The second kappa shape index (κ2) is 6.39. The largest absolute Gasteiger partial charge is 0.483 e. The first-order valence-corrected chi connectivity index (χ1v) is 7.86. The number of ether oxygens (including phenoxy) is 1. The SMILES string of the molecule is Cc1cc(C)c(OCC(=O)N2CSC[C@H]2C(=O)O)c(C)c1.